The van der Waals surface area contributed by atoms with Crippen molar-refractivity contribution < 1.29 is 18.7 Å². The maximum atomic E-state index is 12.7. The van der Waals surface area contributed by atoms with Crippen LogP contribution < -0.4 is 0 Å². The Morgan fingerprint density at radius 3 is 2.34 bits per heavy atom. The molecule has 1 aliphatic carbocycles. The number of hydrogen-bond acceptors (Lipinski definition) is 5. The average molecular weight is 404 g/mol. The van der Waals surface area contributed by atoms with Crippen molar-refractivity contribution in [2.24, 2.45) is 5.92 Å². The summed E-state index contributed by atoms with van der Waals surface area (Å²) in [7, 11) is 0. The van der Waals surface area contributed by atoms with E-state index in [2.05, 4.69) is 4.98 Å². The summed E-state index contributed by atoms with van der Waals surface area (Å²) in [5.41, 5.74) is 0.428. The number of rotatable bonds is 4. The highest BCUT2D eigenvalue weighted by atomic mass is 16.5. The maximum absolute atomic E-state index is 12.7. The van der Waals surface area contributed by atoms with Crippen LogP contribution >= 0.6 is 0 Å². The van der Waals surface area contributed by atoms with Gasteiger partial charge in [0.25, 0.3) is 5.91 Å². The van der Waals surface area contributed by atoms with E-state index in [0.717, 1.165) is 25.9 Å². The number of hydrogen-bond donors (Lipinski definition) is 0. The lowest BCUT2D eigenvalue weighted by atomic mass is 9.86. The number of morpholine rings is 1. The SMILES string of the molecule is Cc1oc(C2CCN(C(=O)CC3CCCCC3)CC2)nc1C(=O)N1CCOCC1. The predicted octanol–water partition coefficient (Wildman–Crippen LogP) is 3.13. The molecule has 0 atom stereocenters. The van der Waals surface area contributed by atoms with Crippen LogP contribution in [0.5, 0.6) is 0 Å². The zero-order valence-electron chi connectivity index (χ0n) is 17.5. The Kier molecular flexibility index (Phi) is 6.53. The molecule has 0 radical (unpaired) electrons. The van der Waals surface area contributed by atoms with Crippen LogP contribution in [-0.4, -0.2) is 66.0 Å². The molecule has 160 valence electrons. The number of aromatic nitrogens is 1. The van der Waals surface area contributed by atoms with E-state index in [1.54, 1.807) is 4.90 Å². The molecule has 2 amide bonds. The molecule has 3 fully saturated rings. The Labute approximate surface area is 172 Å². The van der Waals surface area contributed by atoms with Gasteiger partial charge < -0.3 is 19.0 Å². The van der Waals surface area contributed by atoms with Gasteiger partial charge in [0.1, 0.15) is 5.76 Å². The van der Waals surface area contributed by atoms with Gasteiger partial charge >= 0.3 is 0 Å². The predicted molar refractivity (Wildman–Crippen MR) is 108 cm³/mol. The average Bonchev–Trinajstić information content (AvgIpc) is 3.16. The summed E-state index contributed by atoms with van der Waals surface area (Å²) < 4.78 is 11.2. The zero-order valence-corrected chi connectivity index (χ0v) is 17.5. The van der Waals surface area contributed by atoms with Crippen molar-refractivity contribution >= 4 is 11.8 Å². The topological polar surface area (TPSA) is 75.9 Å². The number of likely N-dealkylation sites (tertiary alicyclic amines) is 1. The molecule has 1 aromatic rings. The van der Waals surface area contributed by atoms with Gasteiger partial charge in [0.2, 0.25) is 5.91 Å². The number of nitrogens with zero attached hydrogens (tertiary/aromatic N) is 3. The number of oxazole rings is 1. The van der Waals surface area contributed by atoms with Crippen molar-refractivity contribution in [1.29, 1.82) is 0 Å². The van der Waals surface area contributed by atoms with Gasteiger partial charge in [-0.2, -0.15) is 0 Å². The number of piperidine rings is 1. The molecule has 0 aromatic carbocycles. The molecule has 0 N–H and O–H groups in total. The van der Waals surface area contributed by atoms with Crippen molar-refractivity contribution in [3.63, 3.8) is 0 Å². The van der Waals surface area contributed by atoms with Crippen molar-refractivity contribution in [2.45, 2.75) is 64.2 Å². The summed E-state index contributed by atoms with van der Waals surface area (Å²) in [6.45, 7) is 5.66. The lowest BCUT2D eigenvalue weighted by Gasteiger charge is -2.32. The highest BCUT2D eigenvalue weighted by Crippen LogP contribution is 2.31. The van der Waals surface area contributed by atoms with E-state index >= 15 is 0 Å². The molecule has 3 aliphatic rings. The van der Waals surface area contributed by atoms with Gasteiger partial charge in [-0.15, -0.1) is 0 Å². The molecule has 29 heavy (non-hydrogen) atoms. The summed E-state index contributed by atoms with van der Waals surface area (Å²) >= 11 is 0. The number of carbonyl (C=O) groups is 2. The number of ether oxygens (including phenoxy) is 1. The van der Waals surface area contributed by atoms with Crippen LogP contribution in [0.4, 0.5) is 0 Å². The second kappa shape index (κ2) is 9.28. The van der Waals surface area contributed by atoms with E-state index in [-0.39, 0.29) is 11.8 Å². The first-order valence-electron chi connectivity index (χ1n) is 11.2. The molecule has 1 aromatic heterocycles. The van der Waals surface area contributed by atoms with Crippen LogP contribution in [0.1, 0.15) is 79.4 Å². The lowest BCUT2D eigenvalue weighted by molar-refractivity contribution is -0.133. The quantitative estimate of drug-likeness (QED) is 0.772. The monoisotopic (exact) mass is 403 g/mol. The molecule has 7 nitrogen and oxygen atoms in total. The minimum absolute atomic E-state index is 0.0686. The van der Waals surface area contributed by atoms with Crippen LogP contribution in [0.15, 0.2) is 4.42 Å². The van der Waals surface area contributed by atoms with Gasteiger partial charge in [0.15, 0.2) is 11.6 Å². The second-order valence-electron chi connectivity index (χ2n) is 8.72. The Morgan fingerprint density at radius 1 is 0.966 bits per heavy atom. The standard InChI is InChI=1S/C22H33N3O4/c1-16-20(22(27)25-11-13-28-14-12-25)23-21(29-16)18-7-9-24(10-8-18)19(26)15-17-5-3-2-4-6-17/h17-18H,2-15H2,1H3. The molecule has 1 saturated carbocycles. The van der Waals surface area contributed by atoms with Gasteiger partial charge in [-0.25, -0.2) is 4.98 Å². The smallest absolute Gasteiger partial charge is 0.276 e. The first-order chi connectivity index (χ1) is 14.1. The van der Waals surface area contributed by atoms with Gasteiger partial charge in [-0.3, -0.25) is 9.59 Å². The van der Waals surface area contributed by atoms with E-state index in [0.29, 0.717) is 61.9 Å². The Bertz CT molecular complexity index is 712. The minimum Gasteiger partial charge on any atom is -0.445 e. The van der Waals surface area contributed by atoms with Gasteiger partial charge in [0, 0.05) is 38.5 Å². The largest absolute Gasteiger partial charge is 0.445 e. The van der Waals surface area contributed by atoms with Crippen molar-refractivity contribution in [1.82, 2.24) is 14.8 Å². The van der Waals surface area contributed by atoms with E-state index in [1.807, 2.05) is 11.8 Å². The lowest BCUT2D eigenvalue weighted by Crippen LogP contribution is -2.41. The van der Waals surface area contributed by atoms with Crippen LogP contribution in [-0.2, 0) is 9.53 Å². The third-order valence-electron chi connectivity index (χ3n) is 6.70. The fraction of sp³-hybridized carbons (Fsp3) is 0.773. The molecule has 2 saturated heterocycles. The molecular formula is C22H33N3O4. The zero-order chi connectivity index (χ0) is 20.2. The third-order valence-corrected chi connectivity index (χ3v) is 6.70. The first-order valence-corrected chi connectivity index (χ1v) is 11.2. The van der Waals surface area contributed by atoms with Gasteiger partial charge in [-0.05, 0) is 38.5 Å². The van der Waals surface area contributed by atoms with Gasteiger partial charge in [0.05, 0.1) is 13.2 Å². The summed E-state index contributed by atoms with van der Waals surface area (Å²) in [6.07, 6.45) is 8.69. The Balaban J connectivity index is 1.31. The molecule has 0 bridgehead atoms. The molecular weight excluding hydrogens is 370 g/mol. The third kappa shape index (κ3) is 4.82. The second-order valence-corrected chi connectivity index (χ2v) is 8.72. The van der Waals surface area contributed by atoms with E-state index < -0.39 is 0 Å². The highest BCUT2D eigenvalue weighted by Gasteiger charge is 2.31. The van der Waals surface area contributed by atoms with Crippen LogP contribution in [0.25, 0.3) is 0 Å². The molecule has 7 heteroatoms. The summed E-state index contributed by atoms with van der Waals surface area (Å²) in [6, 6.07) is 0. The molecule has 3 heterocycles. The minimum atomic E-state index is -0.0686. The molecule has 4 rings (SSSR count). The number of carbonyl (C=O) groups excluding carboxylic acids is 2. The molecule has 0 spiro atoms. The van der Waals surface area contributed by atoms with Gasteiger partial charge in [-0.1, -0.05) is 19.3 Å². The maximum Gasteiger partial charge on any atom is 0.276 e. The van der Waals surface area contributed by atoms with E-state index in [4.69, 9.17) is 9.15 Å². The number of amides is 2. The summed E-state index contributed by atoms with van der Waals surface area (Å²) in [5.74, 6) is 2.24. The molecule has 2 aliphatic heterocycles. The highest BCUT2D eigenvalue weighted by molar-refractivity contribution is 5.93. The van der Waals surface area contributed by atoms with E-state index in [9.17, 15) is 9.59 Å². The van der Waals surface area contributed by atoms with Crippen LogP contribution in [0.3, 0.4) is 0 Å². The van der Waals surface area contributed by atoms with E-state index in [1.165, 1.54) is 32.1 Å². The first kappa shape index (κ1) is 20.4. The molecule has 0 unspecified atom stereocenters. The summed E-state index contributed by atoms with van der Waals surface area (Å²) in [5, 5.41) is 0. The normalized spacial score (nSPS) is 22.1. The van der Waals surface area contributed by atoms with Crippen LogP contribution in [0.2, 0.25) is 0 Å². The number of aryl methyl sites for hydroxylation is 1. The van der Waals surface area contributed by atoms with Crippen molar-refractivity contribution in [3.8, 4) is 0 Å². The van der Waals surface area contributed by atoms with Crippen molar-refractivity contribution in [2.75, 3.05) is 39.4 Å². The summed E-state index contributed by atoms with van der Waals surface area (Å²) in [4.78, 5) is 33.8. The van der Waals surface area contributed by atoms with Crippen molar-refractivity contribution in [3.05, 3.63) is 17.3 Å². The fourth-order valence-corrected chi connectivity index (χ4v) is 4.85. The van der Waals surface area contributed by atoms with Crippen LogP contribution in [0, 0.1) is 12.8 Å². The Morgan fingerprint density at radius 2 is 1.66 bits per heavy atom. The fourth-order valence-electron chi connectivity index (χ4n) is 4.85. The Hall–Kier alpha value is -1.89.